The van der Waals surface area contributed by atoms with Gasteiger partial charge in [-0.25, -0.2) is 0 Å². The van der Waals surface area contributed by atoms with Crippen molar-refractivity contribution in [1.82, 2.24) is 10.2 Å². The summed E-state index contributed by atoms with van der Waals surface area (Å²) in [4.78, 5) is 14.3. The molecule has 1 aromatic rings. The summed E-state index contributed by atoms with van der Waals surface area (Å²) in [5.41, 5.74) is 2.45. The molecule has 0 fully saturated rings. The van der Waals surface area contributed by atoms with Crippen molar-refractivity contribution in [3.8, 4) is 0 Å². The highest BCUT2D eigenvalue weighted by atomic mass is 16.2. The fourth-order valence-corrected chi connectivity index (χ4v) is 2.29. The molecule has 1 rings (SSSR count). The average Bonchev–Trinajstić information content (AvgIpc) is 2.41. The molecular formula is C17H28N2O. The number of rotatable bonds is 8. The van der Waals surface area contributed by atoms with E-state index >= 15 is 0 Å². The van der Waals surface area contributed by atoms with E-state index in [-0.39, 0.29) is 11.9 Å². The lowest BCUT2D eigenvalue weighted by molar-refractivity contribution is -0.132. The number of hydrogen-bond donors (Lipinski definition) is 1. The molecule has 0 aliphatic heterocycles. The molecule has 0 spiro atoms. The smallest absolute Gasteiger partial charge is 0.224 e. The maximum Gasteiger partial charge on any atom is 0.224 e. The predicted molar refractivity (Wildman–Crippen MR) is 84.6 cm³/mol. The summed E-state index contributed by atoms with van der Waals surface area (Å²) in [5.74, 6) is 0.237. The Bertz CT molecular complexity index is 400. The molecule has 20 heavy (non-hydrogen) atoms. The summed E-state index contributed by atoms with van der Waals surface area (Å²) in [6.45, 7) is 10.8. The van der Waals surface area contributed by atoms with E-state index in [1.54, 1.807) is 0 Å². The van der Waals surface area contributed by atoms with Crippen LogP contribution in [0.4, 0.5) is 0 Å². The minimum atomic E-state index is 0.237. The van der Waals surface area contributed by atoms with Gasteiger partial charge >= 0.3 is 0 Å². The molecule has 3 heteroatoms. The van der Waals surface area contributed by atoms with Crippen LogP contribution in [-0.2, 0) is 11.3 Å². The molecule has 0 aliphatic rings. The number of aryl methyl sites for hydroxylation is 1. The number of nitrogens with zero attached hydrogens (tertiary/aromatic N) is 1. The van der Waals surface area contributed by atoms with Gasteiger partial charge in [-0.3, -0.25) is 4.79 Å². The molecular weight excluding hydrogens is 248 g/mol. The maximum atomic E-state index is 12.4. The highest BCUT2D eigenvalue weighted by Crippen LogP contribution is 2.09. The van der Waals surface area contributed by atoms with Crippen LogP contribution in [0.25, 0.3) is 0 Å². The fourth-order valence-electron chi connectivity index (χ4n) is 2.29. The molecule has 112 valence electrons. The van der Waals surface area contributed by atoms with Gasteiger partial charge in [0.15, 0.2) is 0 Å². The number of nitrogens with one attached hydrogen (secondary N) is 1. The predicted octanol–water partition coefficient (Wildman–Crippen LogP) is 3.12. The van der Waals surface area contributed by atoms with E-state index in [4.69, 9.17) is 0 Å². The Labute approximate surface area is 123 Å². The maximum absolute atomic E-state index is 12.4. The summed E-state index contributed by atoms with van der Waals surface area (Å²) in [7, 11) is 0. The largest absolute Gasteiger partial charge is 0.338 e. The van der Waals surface area contributed by atoms with Gasteiger partial charge in [0.05, 0.1) is 0 Å². The number of carbonyl (C=O) groups is 1. The van der Waals surface area contributed by atoms with Crippen molar-refractivity contribution in [2.75, 3.05) is 13.1 Å². The first-order valence-electron chi connectivity index (χ1n) is 7.63. The molecule has 0 radical (unpaired) electrons. The average molecular weight is 276 g/mol. The second kappa shape index (κ2) is 8.75. The third kappa shape index (κ3) is 5.74. The Morgan fingerprint density at radius 2 is 1.90 bits per heavy atom. The van der Waals surface area contributed by atoms with Crippen molar-refractivity contribution in [3.05, 3.63) is 35.4 Å². The van der Waals surface area contributed by atoms with Crippen molar-refractivity contribution in [3.63, 3.8) is 0 Å². The zero-order valence-electron chi connectivity index (χ0n) is 13.3. The molecule has 1 amide bonds. The van der Waals surface area contributed by atoms with E-state index in [9.17, 15) is 4.79 Å². The Kier molecular flexibility index (Phi) is 7.31. The third-order valence-electron chi connectivity index (χ3n) is 3.37. The zero-order chi connectivity index (χ0) is 15.0. The number of hydrogen-bond acceptors (Lipinski definition) is 2. The van der Waals surface area contributed by atoms with E-state index in [2.05, 4.69) is 57.3 Å². The Morgan fingerprint density at radius 1 is 1.25 bits per heavy atom. The van der Waals surface area contributed by atoms with Crippen LogP contribution in [0.1, 0.15) is 44.7 Å². The molecule has 0 bridgehead atoms. The van der Waals surface area contributed by atoms with Gasteiger partial charge in [0.25, 0.3) is 0 Å². The molecule has 1 N–H and O–H groups in total. The summed E-state index contributed by atoms with van der Waals surface area (Å²) in [5, 5.41) is 3.30. The number of amides is 1. The Balaban J connectivity index is 2.63. The van der Waals surface area contributed by atoms with Crippen LogP contribution in [0.15, 0.2) is 24.3 Å². The van der Waals surface area contributed by atoms with E-state index < -0.39 is 0 Å². The van der Waals surface area contributed by atoms with Gasteiger partial charge < -0.3 is 10.2 Å². The lowest BCUT2D eigenvalue weighted by Gasteiger charge is -2.24. The fraction of sp³-hybridized carbons (Fsp3) is 0.588. The lowest BCUT2D eigenvalue weighted by atomic mass is 10.1. The summed E-state index contributed by atoms with van der Waals surface area (Å²) < 4.78 is 0. The first kappa shape index (κ1) is 16.7. The minimum absolute atomic E-state index is 0.237. The molecule has 0 saturated heterocycles. The van der Waals surface area contributed by atoms with Gasteiger partial charge in [0.1, 0.15) is 0 Å². The van der Waals surface area contributed by atoms with Crippen LogP contribution in [0.2, 0.25) is 0 Å². The molecule has 0 heterocycles. The van der Waals surface area contributed by atoms with Crippen molar-refractivity contribution in [1.29, 1.82) is 0 Å². The van der Waals surface area contributed by atoms with E-state index in [0.29, 0.717) is 13.0 Å². The third-order valence-corrected chi connectivity index (χ3v) is 3.37. The van der Waals surface area contributed by atoms with Gasteiger partial charge in [-0.15, -0.1) is 0 Å². The van der Waals surface area contributed by atoms with Gasteiger partial charge in [0, 0.05) is 25.6 Å². The van der Waals surface area contributed by atoms with Crippen LogP contribution < -0.4 is 5.32 Å². The summed E-state index contributed by atoms with van der Waals surface area (Å²) in [6.07, 6.45) is 1.56. The van der Waals surface area contributed by atoms with Crippen LogP contribution in [-0.4, -0.2) is 29.9 Å². The molecule has 1 unspecified atom stereocenters. The van der Waals surface area contributed by atoms with Gasteiger partial charge in [0.2, 0.25) is 5.91 Å². The zero-order valence-corrected chi connectivity index (χ0v) is 13.3. The number of carbonyl (C=O) groups excluding carboxylic acids is 1. The molecule has 0 aromatic heterocycles. The lowest BCUT2D eigenvalue weighted by Crippen LogP contribution is -2.37. The van der Waals surface area contributed by atoms with E-state index in [1.165, 1.54) is 11.1 Å². The second-order valence-electron chi connectivity index (χ2n) is 5.46. The van der Waals surface area contributed by atoms with Crippen molar-refractivity contribution < 1.29 is 4.79 Å². The molecule has 0 aliphatic carbocycles. The van der Waals surface area contributed by atoms with Crippen LogP contribution >= 0.6 is 0 Å². The second-order valence-corrected chi connectivity index (χ2v) is 5.46. The normalized spacial score (nSPS) is 12.2. The Hall–Kier alpha value is -1.35. The first-order chi connectivity index (χ1) is 9.56. The van der Waals surface area contributed by atoms with Crippen molar-refractivity contribution in [2.45, 2.75) is 53.1 Å². The topological polar surface area (TPSA) is 32.3 Å². The van der Waals surface area contributed by atoms with E-state index in [1.807, 2.05) is 4.90 Å². The monoisotopic (exact) mass is 276 g/mol. The molecule has 1 atom stereocenters. The molecule has 0 saturated carbocycles. The van der Waals surface area contributed by atoms with Crippen LogP contribution in [0.3, 0.4) is 0 Å². The SMILES string of the molecule is CCCN(Cc1ccc(C)cc1)C(=O)CC(C)NCC. The summed E-state index contributed by atoms with van der Waals surface area (Å²) in [6, 6.07) is 8.67. The van der Waals surface area contributed by atoms with Gasteiger partial charge in [-0.05, 0) is 32.4 Å². The van der Waals surface area contributed by atoms with Crippen molar-refractivity contribution in [2.24, 2.45) is 0 Å². The van der Waals surface area contributed by atoms with Crippen LogP contribution in [0.5, 0.6) is 0 Å². The van der Waals surface area contributed by atoms with Gasteiger partial charge in [-0.2, -0.15) is 0 Å². The minimum Gasteiger partial charge on any atom is -0.338 e. The molecule has 3 nitrogen and oxygen atoms in total. The standard InChI is InChI=1S/C17H28N2O/c1-5-11-19(17(20)12-15(4)18-6-2)13-16-9-7-14(3)8-10-16/h7-10,15,18H,5-6,11-13H2,1-4H3. The Morgan fingerprint density at radius 3 is 2.45 bits per heavy atom. The highest BCUT2D eigenvalue weighted by Gasteiger charge is 2.15. The van der Waals surface area contributed by atoms with Gasteiger partial charge in [-0.1, -0.05) is 43.7 Å². The van der Waals surface area contributed by atoms with Crippen LogP contribution in [0, 0.1) is 6.92 Å². The number of benzene rings is 1. The van der Waals surface area contributed by atoms with E-state index in [0.717, 1.165) is 19.5 Å². The van der Waals surface area contributed by atoms with Crippen molar-refractivity contribution >= 4 is 5.91 Å². The molecule has 1 aromatic carbocycles. The highest BCUT2D eigenvalue weighted by molar-refractivity contribution is 5.76. The summed E-state index contributed by atoms with van der Waals surface area (Å²) >= 11 is 0. The first-order valence-corrected chi connectivity index (χ1v) is 7.63. The quantitative estimate of drug-likeness (QED) is 0.791.